The Bertz CT molecular complexity index is 3670. The number of piperidine rings is 4. The van der Waals surface area contributed by atoms with Crippen molar-refractivity contribution in [2.45, 2.75) is 103 Å². The number of aryl methyl sites for hydroxylation is 4. The Balaban J connectivity index is 0.620. The van der Waals surface area contributed by atoms with Crippen LogP contribution >= 0.6 is 0 Å². The molecule has 0 saturated carbocycles. The van der Waals surface area contributed by atoms with Crippen molar-refractivity contribution in [2.24, 2.45) is 25.9 Å². The number of methoxy groups -OCH3 is 1. The lowest BCUT2D eigenvalue weighted by Gasteiger charge is -2.43. The van der Waals surface area contributed by atoms with Gasteiger partial charge in [0.15, 0.2) is 18.2 Å². The van der Waals surface area contributed by atoms with E-state index in [0.29, 0.717) is 122 Å². The molecule has 0 radical (unpaired) electrons. The third kappa shape index (κ3) is 11.9. The van der Waals surface area contributed by atoms with Gasteiger partial charge in [0.25, 0.3) is 17.9 Å². The van der Waals surface area contributed by atoms with Gasteiger partial charge < -0.3 is 59.4 Å². The van der Waals surface area contributed by atoms with Crippen LogP contribution in [0.1, 0.15) is 98.2 Å². The van der Waals surface area contributed by atoms with E-state index in [1.54, 1.807) is 74.6 Å². The molecule has 3 N–H and O–H groups in total. The number of ether oxygens (including phenoxy) is 2. The molecule has 0 spiro atoms. The number of amides is 5. The van der Waals surface area contributed by atoms with Gasteiger partial charge in [0, 0.05) is 168 Å². The molecule has 23 nitrogen and oxygen atoms in total. The van der Waals surface area contributed by atoms with Crippen LogP contribution in [0.4, 0.5) is 42.5 Å². The van der Waals surface area contributed by atoms with Crippen LogP contribution in [0.25, 0.3) is 22.0 Å². The number of hydrogen-bond donors (Lipinski definition) is 3. The molecule has 0 aliphatic carbocycles. The van der Waals surface area contributed by atoms with Gasteiger partial charge in [-0.25, -0.2) is 18.6 Å². The summed E-state index contributed by atoms with van der Waals surface area (Å²) in [6.07, 6.45) is 11.0. The maximum Gasteiger partial charge on any atom is 0.317 e. The molecule has 4 saturated heterocycles. The minimum absolute atomic E-state index is 0.0323. The molecule has 10 heterocycles. The van der Waals surface area contributed by atoms with E-state index in [-0.39, 0.29) is 59.6 Å². The van der Waals surface area contributed by atoms with E-state index in [2.05, 4.69) is 55.2 Å². The van der Waals surface area contributed by atoms with Crippen LogP contribution in [-0.2, 0) is 47.9 Å². The largest absolute Gasteiger partial charge is 0.494 e. The molecule has 4 fully saturated rings. The Kier molecular flexibility index (Phi) is 17.3. The second-order valence-electron chi connectivity index (χ2n) is 24.4. The van der Waals surface area contributed by atoms with Crippen molar-refractivity contribution < 1.29 is 37.4 Å². The minimum Gasteiger partial charge on any atom is -0.494 e. The summed E-state index contributed by atoms with van der Waals surface area (Å²) in [5.41, 5.74) is 6.47. The lowest BCUT2D eigenvalue weighted by Crippen LogP contribution is -2.52. The van der Waals surface area contributed by atoms with E-state index in [1.807, 2.05) is 19.1 Å². The Hall–Kier alpha value is -8.35. The SMILES string of the molecule is CNC(=O)COc1cc2cc(Nc3nc(N4CCC(C(=O)N5CCC(N6CCC(C(=O)N7CCC(n8nc(N9CCCc%10cc(-c%11cnn(C)c%11)c(C(F)F)cc%109)c9c8CCN(C(=O)NC)C9)CC7)CC6)CC5)CC4)ncc3C)cc(OC)c2n(C)c1=O. The summed E-state index contributed by atoms with van der Waals surface area (Å²) >= 11 is 0. The van der Waals surface area contributed by atoms with Gasteiger partial charge in [0.05, 0.1) is 31.4 Å². The number of alkyl halides is 2. The Labute approximate surface area is 510 Å². The number of urea groups is 1. The van der Waals surface area contributed by atoms with Crippen LogP contribution in [0.5, 0.6) is 11.5 Å². The predicted molar refractivity (Wildman–Crippen MR) is 329 cm³/mol. The second kappa shape index (κ2) is 25.4. The van der Waals surface area contributed by atoms with Gasteiger partial charge in [-0.15, -0.1) is 0 Å². The number of rotatable bonds is 14. The van der Waals surface area contributed by atoms with Crippen molar-refractivity contribution >= 4 is 63.6 Å². The zero-order valence-corrected chi connectivity index (χ0v) is 51.2. The number of fused-ring (bicyclic) bond motifs is 3. The monoisotopic (exact) mass is 1210 g/mol. The highest BCUT2D eigenvalue weighted by molar-refractivity contribution is 5.91. The van der Waals surface area contributed by atoms with Crippen LogP contribution < -0.4 is 40.8 Å². The lowest BCUT2D eigenvalue weighted by atomic mass is 9.90. The molecule has 12 rings (SSSR count). The summed E-state index contributed by atoms with van der Waals surface area (Å²) in [4.78, 5) is 88.6. The summed E-state index contributed by atoms with van der Waals surface area (Å²) < 4.78 is 46.3. The number of nitrogens with zero attached hydrogens (tertiary/aromatic N) is 13. The quantitative estimate of drug-likeness (QED) is 0.104. The zero-order valence-electron chi connectivity index (χ0n) is 51.2. The third-order valence-electron chi connectivity index (χ3n) is 19.2. The molecule has 5 amide bonds. The number of anilines is 5. The number of likely N-dealkylation sites (N-methyl/N-ethyl adjacent to an activating group) is 1. The highest BCUT2D eigenvalue weighted by Crippen LogP contribution is 2.44. The normalized spacial score (nSPS) is 18.4. The number of hydrogen-bond acceptors (Lipinski definition) is 15. The van der Waals surface area contributed by atoms with Crippen molar-refractivity contribution in [3.8, 4) is 22.6 Å². The molecule has 0 unspecified atom stereocenters. The van der Waals surface area contributed by atoms with E-state index < -0.39 is 12.0 Å². The number of likely N-dealkylation sites (tertiary alicyclic amines) is 3. The van der Waals surface area contributed by atoms with E-state index in [9.17, 15) is 32.8 Å². The topological polar surface area (TPSA) is 226 Å². The van der Waals surface area contributed by atoms with Gasteiger partial charge in [-0.05, 0) is 120 Å². The Morgan fingerprint density at radius 2 is 1.45 bits per heavy atom. The molecule has 468 valence electrons. The van der Waals surface area contributed by atoms with E-state index >= 15 is 0 Å². The molecule has 0 atom stereocenters. The first-order valence-corrected chi connectivity index (χ1v) is 31.1. The molecule has 4 aromatic heterocycles. The van der Waals surface area contributed by atoms with Crippen LogP contribution in [0, 0.1) is 18.8 Å². The third-order valence-corrected chi connectivity index (χ3v) is 19.2. The van der Waals surface area contributed by atoms with Crippen LogP contribution in [0.2, 0.25) is 0 Å². The van der Waals surface area contributed by atoms with Crippen molar-refractivity contribution in [3.05, 3.63) is 87.2 Å². The summed E-state index contributed by atoms with van der Waals surface area (Å²) in [5.74, 6) is 2.38. The van der Waals surface area contributed by atoms with Gasteiger partial charge in [0.1, 0.15) is 11.6 Å². The van der Waals surface area contributed by atoms with Gasteiger partial charge >= 0.3 is 6.03 Å². The molecule has 0 bridgehead atoms. The standard InChI is InChI=1S/C63H80F2N16O7/c1-38-33-68-62(71-57(38)70-44-28-42-30-53(88-37-54(82)66-2)61(85)74(5)55(42)52(31-44)87-6)78-21-11-40(12-22-78)60(84)76-23-13-45(14-24-76)75-19-9-39(10-20-75)59(83)77-25-15-46(16-26-77)81-50-17-27-79(63(86)67-3)36-49(50)58(72-81)80-18-7-8-41-29-47(43-34-69-73(4)35-43)48(56(64)65)32-51(41)80/h28-35,39-40,45-46,56H,7-27,36-37H2,1-6H3,(H,66,82)(H,67,86)(H,68,70,71). The summed E-state index contributed by atoms with van der Waals surface area (Å²) in [6, 6.07) is 9.05. The summed E-state index contributed by atoms with van der Waals surface area (Å²) in [7, 11) is 8.08. The number of carbonyl (C=O) groups excluding carboxylic acids is 4. The van der Waals surface area contributed by atoms with Crippen LogP contribution in [-0.4, -0.2) is 177 Å². The molecule has 2 aromatic carbocycles. The van der Waals surface area contributed by atoms with Crippen molar-refractivity contribution in [2.75, 3.05) is 108 Å². The lowest BCUT2D eigenvalue weighted by molar-refractivity contribution is -0.140. The average molecular weight is 1210 g/mol. The highest BCUT2D eigenvalue weighted by Gasteiger charge is 2.39. The fourth-order valence-electron chi connectivity index (χ4n) is 14.2. The van der Waals surface area contributed by atoms with Gasteiger partial charge in [-0.3, -0.25) is 28.5 Å². The van der Waals surface area contributed by atoms with Crippen LogP contribution in [0.3, 0.4) is 0 Å². The molecular formula is C63H80F2N16O7. The first-order chi connectivity index (χ1) is 42.6. The second-order valence-corrected chi connectivity index (χ2v) is 24.4. The Morgan fingerprint density at radius 3 is 2.10 bits per heavy atom. The number of carbonyl (C=O) groups is 4. The number of halogens is 2. The number of pyridine rings is 1. The maximum atomic E-state index is 14.9. The van der Waals surface area contributed by atoms with Crippen molar-refractivity contribution in [1.29, 1.82) is 0 Å². The summed E-state index contributed by atoms with van der Waals surface area (Å²) in [5, 5.41) is 19.0. The van der Waals surface area contributed by atoms with Gasteiger partial charge in [-0.1, -0.05) is 0 Å². The zero-order chi connectivity index (χ0) is 61.5. The van der Waals surface area contributed by atoms with E-state index in [0.717, 1.165) is 106 Å². The maximum absolute atomic E-state index is 14.9. The molecule has 6 aliphatic rings. The summed E-state index contributed by atoms with van der Waals surface area (Å²) in [6.45, 7) is 8.83. The van der Waals surface area contributed by atoms with E-state index in [1.165, 1.54) is 11.6 Å². The fourth-order valence-corrected chi connectivity index (χ4v) is 14.2. The first kappa shape index (κ1) is 60.0. The molecule has 6 aromatic rings. The highest BCUT2D eigenvalue weighted by atomic mass is 19.3. The number of benzene rings is 2. The number of aromatic nitrogens is 7. The Morgan fingerprint density at radius 1 is 0.761 bits per heavy atom. The predicted octanol–water partition coefficient (Wildman–Crippen LogP) is 6.61. The number of nitrogens with one attached hydrogen (secondary N) is 3. The van der Waals surface area contributed by atoms with Gasteiger partial charge in [-0.2, -0.15) is 15.2 Å². The molecular weight excluding hydrogens is 1130 g/mol. The minimum atomic E-state index is -2.70. The molecule has 25 heteroatoms. The van der Waals surface area contributed by atoms with E-state index in [4.69, 9.17) is 19.6 Å². The van der Waals surface area contributed by atoms with Crippen molar-refractivity contribution in [1.82, 2.24) is 64.3 Å². The molecule has 88 heavy (non-hydrogen) atoms. The van der Waals surface area contributed by atoms with Crippen molar-refractivity contribution in [3.63, 3.8) is 0 Å². The first-order valence-electron chi connectivity index (χ1n) is 31.1. The van der Waals surface area contributed by atoms with Crippen LogP contribution in [0.15, 0.2) is 53.7 Å². The fraction of sp³-hybridized carbons (Fsp3) is 0.540. The average Bonchev–Trinajstić information content (AvgIpc) is 2.76. The van der Waals surface area contributed by atoms with Gasteiger partial charge in [0.2, 0.25) is 17.8 Å². The molecule has 6 aliphatic heterocycles. The smallest absolute Gasteiger partial charge is 0.317 e.